The molecule has 0 saturated carbocycles. The van der Waals surface area contributed by atoms with E-state index in [-0.39, 0.29) is 0 Å². The summed E-state index contributed by atoms with van der Waals surface area (Å²) in [6.07, 6.45) is 1.63. The Morgan fingerprint density at radius 1 is 1.21 bits per heavy atom. The molecular weight excluding hydrogens is 180 g/mol. The van der Waals surface area contributed by atoms with Crippen LogP contribution in [0.15, 0.2) is 24.3 Å². The van der Waals surface area contributed by atoms with Gasteiger partial charge in [0.25, 0.3) is 0 Å². The molecule has 1 aliphatic rings. The van der Waals surface area contributed by atoms with Gasteiger partial charge >= 0.3 is 5.97 Å². The molecule has 0 atom stereocenters. The lowest BCUT2D eigenvalue weighted by Gasteiger charge is -2.35. The third kappa shape index (κ3) is 1.49. The van der Waals surface area contributed by atoms with Crippen LogP contribution in [0.3, 0.4) is 0 Å². The van der Waals surface area contributed by atoms with Crippen molar-refractivity contribution >= 4 is 0 Å². The van der Waals surface area contributed by atoms with Crippen molar-refractivity contribution in [1.29, 1.82) is 0 Å². The fourth-order valence-corrected chi connectivity index (χ4v) is 1.69. The fourth-order valence-electron chi connectivity index (χ4n) is 1.69. The lowest BCUT2D eigenvalue weighted by Crippen LogP contribution is -2.43. The number of ether oxygens (including phenoxy) is 3. The highest BCUT2D eigenvalue weighted by atomic mass is 16.9. The summed E-state index contributed by atoms with van der Waals surface area (Å²) in [5.74, 6) is -0.0450. The van der Waals surface area contributed by atoms with Crippen molar-refractivity contribution in [3.8, 4) is 5.75 Å². The highest BCUT2D eigenvalue weighted by Gasteiger charge is 2.36. The zero-order valence-electron chi connectivity index (χ0n) is 8.45. The number of benzene rings is 1. The van der Waals surface area contributed by atoms with Gasteiger partial charge in [-0.25, -0.2) is 0 Å². The van der Waals surface area contributed by atoms with Crippen LogP contribution in [0.4, 0.5) is 0 Å². The molecule has 0 unspecified atom stereocenters. The highest BCUT2D eigenvalue weighted by molar-refractivity contribution is 5.35. The Hall–Kier alpha value is -1.06. The molecule has 0 aromatic heterocycles. The Kier molecular flexibility index (Phi) is 2.44. The summed E-state index contributed by atoms with van der Waals surface area (Å²) in [5.41, 5.74) is 1.21. The van der Waals surface area contributed by atoms with Crippen LogP contribution in [-0.2, 0) is 15.9 Å². The average molecular weight is 194 g/mol. The van der Waals surface area contributed by atoms with Crippen LogP contribution < -0.4 is 4.74 Å². The number of hydrogen-bond acceptors (Lipinski definition) is 3. The summed E-state index contributed by atoms with van der Waals surface area (Å²) in [4.78, 5) is 0. The van der Waals surface area contributed by atoms with Gasteiger partial charge in [0, 0.05) is 20.6 Å². The van der Waals surface area contributed by atoms with Crippen LogP contribution in [0.5, 0.6) is 5.75 Å². The molecule has 1 heterocycles. The van der Waals surface area contributed by atoms with Crippen LogP contribution in [0.1, 0.15) is 12.0 Å². The zero-order valence-corrected chi connectivity index (χ0v) is 8.45. The summed E-state index contributed by atoms with van der Waals surface area (Å²) >= 11 is 0. The van der Waals surface area contributed by atoms with Gasteiger partial charge in [-0.1, -0.05) is 18.2 Å². The van der Waals surface area contributed by atoms with E-state index in [9.17, 15) is 0 Å². The number of methoxy groups -OCH3 is 2. The van der Waals surface area contributed by atoms with E-state index in [0.29, 0.717) is 0 Å². The van der Waals surface area contributed by atoms with Gasteiger partial charge in [0.2, 0.25) is 0 Å². The minimum Gasteiger partial charge on any atom is -0.439 e. The quantitative estimate of drug-likeness (QED) is 0.673. The molecule has 3 nitrogen and oxygen atoms in total. The van der Waals surface area contributed by atoms with Gasteiger partial charge in [-0.3, -0.25) is 0 Å². The molecule has 76 valence electrons. The predicted octanol–water partition coefficient (Wildman–Crippen LogP) is 1.96. The molecule has 14 heavy (non-hydrogen) atoms. The van der Waals surface area contributed by atoms with Crippen LogP contribution in [0.2, 0.25) is 0 Å². The lowest BCUT2D eigenvalue weighted by atomic mass is 10.0. The van der Waals surface area contributed by atoms with Gasteiger partial charge in [-0.15, -0.1) is 0 Å². The zero-order chi connectivity index (χ0) is 10.0. The van der Waals surface area contributed by atoms with Crippen LogP contribution in [0.25, 0.3) is 0 Å². The maximum absolute atomic E-state index is 5.67. The minimum atomic E-state index is -0.894. The molecule has 0 amide bonds. The van der Waals surface area contributed by atoms with Gasteiger partial charge < -0.3 is 14.2 Å². The third-order valence-corrected chi connectivity index (χ3v) is 2.56. The third-order valence-electron chi connectivity index (χ3n) is 2.56. The number of fused-ring (bicyclic) bond motifs is 1. The number of hydrogen-bond donors (Lipinski definition) is 0. The molecule has 0 aliphatic carbocycles. The average Bonchev–Trinajstić information content (AvgIpc) is 2.28. The van der Waals surface area contributed by atoms with Gasteiger partial charge in [0.05, 0.1) is 0 Å². The second-order valence-corrected chi connectivity index (χ2v) is 3.30. The van der Waals surface area contributed by atoms with Crippen molar-refractivity contribution < 1.29 is 14.2 Å². The van der Waals surface area contributed by atoms with Crippen molar-refractivity contribution in [3.63, 3.8) is 0 Å². The monoisotopic (exact) mass is 194 g/mol. The Bertz CT molecular complexity index is 318. The van der Waals surface area contributed by atoms with Gasteiger partial charge in [-0.2, -0.15) is 0 Å². The second kappa shape index (κ2) is 3.59. The molecule has 1 aromatic carbocycles. The Morgan fingerprint density at radius 2 is 1.93 bits per heavy atom. The summed E-state index contributed by atoms with van der Waals surface area (Å²) in [6.45, 7) is 0. The van der Waals surface area contributed by atoms with E-state index in [1.54, 1.807) is 14.2 Å². The maximum Gasteiger partial charge on any atom is 0.326 e. The van der Waals surface area contributed by atoms with Crippen molar-refractivity contribution in [2.24, 2.45) is 0 Å². The second-order valence-electron chi connectivity index (χ2n) is 3.30. The molecule has 0 saturated heterocycles. The van der Waals surface area contributed by atoms with E-state index in [0.717, 1.165) is 18.6 Å². The van der Waals surface area contributed by atoms with Crippen molar-refractivity contribution in [2.45, 2.75) is 18.8 Å². The topological polar surface area (TPSA) is 27.7 Å². The summed E-state index contributed by atoms with van der Waals surface area (Å²) in [5, 5.41) is 0. The first kappa shape index (κ1) is 9.49. The Morgan fingerprint density at radius 3 is 2.64 bits per heavy atom. The maximum atomic E-state index is 5.67. The summed E-state index contributed by atoms with van der Waals surface area (Å²) < 4.78 is 16.2. The van der Waals surface area contributed by atoms with E-state index in [4.69, 9.17) is 14.2 Å². The first-order valence-electron chi connectivity index (χ1n) is 4.67. The van der Waals surface area contributed by atoms with E-state index >= 15 is 0 Å². The van der Waals surface area contributed by atoms with Crippen molar-refractivity contribution in [3.05, 3.63) is 29.8 Å². The molecule has 0 bridgehead atoms. The van der Waals surface area contributed by atoms with E-state index in [1.807, 2.05) is 18.2 Å². The number of para-hydroxylation sites is 1. The van der Waals surface area contributed by atoms with Gasteiger partial charge in [-0.05, 0) is 18.1 Å². The van der Waals surface area contributed by atoms with E-state index in [1.165, 1.54) is 5.56 Å². The smallest absolute Gasteiger partial charge is 0.326 e. The molecule has 0 spiro atoms. The molecule has 1 aromatic rings. The van der Waals surface area contributed by atoms with Crippen LogP contribution >= 0.6 is 0 Å². The SMILES string of the molecule is COC1(OC)CCc2ccccc2O1. The molecule has 2 rings (SSSR count). The van der Waals surface area contributed by atoms with Gasteiger partial charge in [0.15, 0.2) is 0 Å². The van der Waals surface area contributed by atoms with Crippen molar-refractivity contribution in [1.82, 2.24) is 0 Å². The number of rotatable bonds is 2. The largest absolute Gasteiger partial charge is 0.439 e. The number of aryl methyl sites for hydroxylation is 1. The first-order valence-corrected chi connectivity index (χ1v) is 4.67. The first-order chi connectivity index (χ1) is 6.79. The molecule has 0 fully saturated rings. The molecule has 1 aliphatic heterocycles. The molecule has 0 radical (unpaired) electrons. The summed E-state index contributed by atoms with van der Waals surface area (Å²) in [7, 11) is 3.19. The van der Waals surface area contributed by atoms with Crippen molar-refractivity contribution in [2.75, 3.05) is 14.2 Å². The summed E-state index contributed by atoms with van der Waals surface area (Å²) in [6, 6.07) is 7.95. The van der Waals surface area contributed by atoms with E-state index in [2.05, 4.69) is 6.07 Å². The molecule has 3 heteroatoms. The highest BCUT2D eigenvalue weighted by Crippen LogP contribution is 2.33. The minimum absolute atomic E-state index is 0.719. The standard InChI is InChI=1S/C11H14O3/c1-12-11(13-2)8-7-9-5-3-4-6-10(9)14-11/h3-6H,7-8H2,1-2H3. The molecular formula is C11H14O3. The Labute approximate surface area is 83.6 Å². The predicted molar refractivity (Wildman–Crippen MR) is 52.1 cm³/mol. The fraction of sp³-hybridized carbons (Fsp3) is 0.455. The lowest BCUT2D eigenvalue weighted by molar-refractivity contribution is -0.329. The normalized spacial score (nSPS) is 18.4. The van der Waals surface area contributed by atoms with Crippen LogP contribution in [-0.4, -0.2) is 20.2 Å². The van der Waals surface area contributed by atoms with E-state index < -0.39 is 5.97 Å². The van der Waals surface area contributed by atoms with Gasteiger partial charge in [0.1, 0.15) is 5.75 Å². The van der Waals surface area contributed by atoms with Crippen LogP contribution in [0, 0.1) is 0 Å². The molecule has 0 N–H and O–H groups in total. The Balaban J connectivity index is 2.28.